The third-order valence-corrected chi connectivity index (χ3v) is 12.1. The van der Waals surface area contributed by atoms with Crippen molar-refractivity contribution in [2.75, 3.05) is 9.80 Å². The predicted molar refractivity (Wildman–Crippen MR) is 237 cm³/mol. The molecule has 0 spiro atoms. The first-order valence-corrected chi connectivity index (χ1v) is 19.8. The molecule has 4 heteroatoms. The van der Waals surface area contributed by atoms with E-state index in [4.69, 9.17) is 0 Å². The van der Waals surface area contributed by atoms with Gasteiger partial charge < -0.3 is 14.4 Å². The van der Waals surface area contributed by atoms with Gasteiger partial charge in [0, 0.05) is 60.0 Å². The zero-order valence-corrected chi connectivity index (χ0v) is 31.3. The maximum atomic E-state index is 2.48. The van der Waals surface area contributed by atoms with Crippen molar-refractivity contribution < 1.29 is 0 Å². The van der Waals surface area contributed by atoms with E-state index >= 15 is 0 Å². The fourth-order valence-corrected chi connectivity index (χ4v) is 9.82. The van der Waals surface area contributed by atoms with Crippen LogP contribution in [0.15, 0.2) is 222 Å². The molecule has 11 rings (SSSR count). The number of benzene rings is 9. The minimum absolute atomic E-state index is 1.09. The first kappa shape index (κ1) is 32.4. The van der Waals surface area contributed by atoms with Crippen molar-refractivity contribution >= 4 is 78.5 Å². The van der Waals surface area contributed by atoms with Gasteiger partial charge in [0.1, 0.15) is 0 Å². The fourth-order valence-electron chi connectivity index (χ4n) is 8.54. The minimum Gasteiger partial charge on any atom is -0.310 e. The van der Waals surface area contributed by atoms with Crippen LogP contribution in [0.25, 0.3) is 49.4 Å². The molecule has 0 unspecified atom stereocenters. The summed E-state index contributed by atoms with van der Waals surface area (Å²) in [7, 11) is 0. The highest BCUT2D eigenvalue weighted by Crippen LogP contribution is 2.55. The number of anilines is 6. The van der Waals surface area contributed by atoms with Crippen LogP contribution in [0.5, 0.6) is 0 Å². The molecule has 0 amide bonds. The third kappa shape index (κ3) is 5.22. The number of hydrogen-bond donors (Lipinski definition) is 0. The summed E-state index contributed by atoms with van der Waals surface area (Å²) < 4.78 is 2.42. The summed E-state index contributed by atoms with van der Waals surface area (Å²) in [5, 5.41) is 4.97. The molecule has 56 heavy (non-hydrogen) atoms. The Hall–Kier alpha value is -7.01. The van der Waals surface area contributed by atoms with Gasteiger partial charge in [-0.25, -0.2) is 0 Å². The monoisotopic (exact) mass is 733 g/mol. The van der Waals surface area contributed by atoms with Crippen molar-refractivity contribution in [1.82, 2.24) is 4.57 Å². The predicted octanol–water partition coefficient (Wildman–Crippen LogP) is 15.0. The lowest BCUT2D eigenvalue weighted by atomic mass is 9.95. The standard InChI is InChI=1S/C52H35N3S/c1-5-19-37(20-6-1)53(38-21-7-2-8-22-38)41-31-32-46-44(35-41)42-28-15-17-36-18-16-30-49(50(36)42)56-52-48(55(46)40-25-11-4-12-26-40)34-33-47-51(52)43-27-13-14-29-45(43)54(47)39-23-9-3-10-24-39/h1-35H. The second-order valence-electron chi connectivity index (χ2n) is 14.1. The Morgan fingerprint density at radius 1 is 0.393 bits per heavy atom. The molecular formula is C52H35N3S. The van der Waals surface area contributed by atoms with E-state index in [9.17, 15) is 0 Å². The maximum absolute atomic E-state index is 2.48. The van der Waals surface area contributed by atoms with Crippen LogP contribution in [0.2, 0.25) is 0 Å². The topological polar surface area (TPSA) is 11.4 Å². The van der Waals surface area contributed by atoms with Crippen LogP contribution in [0.1, 0.15) is 0 Å². The lowest BCUT2D eigenvalue weighted by molar-refractivity contribution is 1.17. The van der Waals surface area contributed by atoms with Gasteiger partial charge in [0.2, 0.25) is 0 Å². The van der Waals surface area contributed by atoms with Gasteiger partial charge in [-0.15, -0.1) is 0 Å². The number of fused-ring (bicyclic) bond motifs is 7. The summed E-state index contributed by atoms with van der Waals surface area (Å²) in [6.45, 7) is 0. The van der Waals surface area contributed by atoms with Crippen LogP contribution < -0.4 is 9.80 Å². The van der Waals surface area contributed by atoms with Crippen molar-refractivity contribution in [3.63, 3.8) is 0 Å². The van der Waals surface area contributed by atoms with E-state index in [0.29, 0.717) is 0 Å². The molecular weight excluding hydrogens is 699 g/mol. The van der Waals surface area contributed by atoms with Crippen molar-refractivity contribution in [3.05, 3.63) is 212 Å². The van der Waals surface area contributed by atoms with E-state index in [1.165, 1.54) is 53.5 Å². The highest BCUT2D eigenvalue weighted by molar-refractivity contribution is 8.00. The SMILES string of the molecule is c1ccc(N(c2ccccc2)c2ccc3c(c2)-c2cccc4cccc(c24)Sc2c(ccc4c2c2ccccc2n4-c2ccccc2)N3c2ccccc2)cc1. The molecule has 0 N–H and O–H groups in total. The molecule has 0 bridgehead atoms. The molecule has 9 aromatic carbocycles. The van der Waals surface area contributed by atoms with Gasteiger partial charge in [0.15, 0.2) is 0 Å². The van der Waals surface area contributed by atoms with E-state index in [1.807, 2.05) is 11.8 Å². The van der Waals surface area contributed by atoms with Gasteiger partial charge in [-0.2, -0.15) is 0 Å². The van der Waals surface area contributed by atoms with E-state index < -0.39 is 0 Å². The van der Waals surface area contributed by atoms with Crippen LogP contribution in [-0.4, -0.2) is 4.57 Å². The maximum Gasteiger partial charge on any atom is 0.0609 e. The minimum atomic E-state index is 1.09. The molecule has 0 fully saturated rings. The quantitative estimate of drug-likeness (QED) is 0.175. The van der Waals surface area contributed by atoms with E-state index in [0.717, 1.165) is 39.8 Å². The van der Waals surface area contributed by atoms with Gasteiger partial charge in [0.25, 0.3) is 0 Å². The lowest BCUT2D eigenvalue weighted by Gasteiger charge is -2.31. The van der Waals surface area contributed by atoms with Crippen LogP contribution in [0, 0.1) is 0 Å². The molecule has 0 radical (unpaired) electrons. The Morgan fingerprint density at radius 2 is 1.00 bits per heavy atom. The van der Waals surface area contributed by atoms with Gasteiger partial charge in [-0.05, 0) is 102 Å². The molecule has 10 aromatic rings. The van der Waals surface area contributed by atoms with Gasteiger partial charge in [-0.1, -0.05) is 133 Å². The van der Waals surface area contributed by atoms with Crippen molar-refractivity contribution in [1.29, 1.82) is 0 Å². The molecule has 1 aliphatic heterocycles. The smallest absolute Gasteiger partial charge is 0.0609 e. The van der Waals surface area contributed by atoms with E-state index in [-0.39, 0.29) is 0 Å². The first-order valence-electron chi connectivity index (χ1n) is 19.0. The highest BCUT2D eigenvalue weighted by Gasteiger charge is 2.28. The number of rotatable bonds is 5. The zero-order valence-electron chi connectivity index (χ0n) is 30.5. The van der Waals surface area contributed by atoms with Gasteiger partial charge in [0.05, 0.1) is 22.4 Å². The largest absolute Gasteiger partial charge is 0.310 e. The Morgan fingerprint density at radius 3 is 1.71 bits per heavy atom. The molecule has 3 nitrogen and oxygen atoms in total. The van der Waals surface area contributed by atoms with E-state index in [2.05, 4.69) is 227 Å². The molecule has 264 valence electrons. The Bertz CT molecular complexity index is 3000. The van der Waals surface area contributed by atoms with Crippen LogP contribution in [0.4, 0.5) is 34.1 Å². The summed E-state index contributed by atoms with van der Waals surface area (Å²) in [6.07, 6.45) is 0. The lowest BCUT2D eigenvalue weighted by Crippen LogP contribution is -2.14. The number of nitrogens with zero attached hydrogens (tertiary/aromatic N) is 3. The Labute approximate surface area is 330 Å². The summed E-state index contributed by atoms with van der Waals surface area (Å²) in [4.78, 5) is 7.30. The molecule has 0 saturated heterocycles. The Kier molecular flexibility index (Phi) is 7.75. The van der Waals surface area contributed by atoms with Gasteiger partial charge in [-0.3, -0.25) is 0 Å². The molecule has 0 saturated carbocycles. The van der Waals surface area contributed by atoms with Crippen LogP contribution in [0.3, 0.4) is 0 Å². The van der Waals surface area contributed by atoms with Crippen LogP contribution >= 0.6 is 11.8 Å². The highest BCUT2D eigenvalue weighted by atomic mass is 32.2. The van der Waals surface area contributed by atoms with Crippen LogP contribution in [-0.2, 0) is 0 Å². The molecule has 1 aromatic heterocycles. The molecule has 1 aliphatic rings. The molecule has 2 heterocycles. The third-order valence-electron chi connectivity index (χ3n) is 10.9. The van der Waals surface area contributed by atoms with E-state index in [1.54, 1.807) is 0 Å². The summed E-state index contributed by atoms with van der Waals surface area (Å²) >= 11 is 1.88. The average Bonchev–Trinajstić information content (AvgIpc) is 3.62. The molecule has 0 atom stereocenters. The number of para-hydroxylation sites is 5. The molecule has 0 aliphatic carbocycles. The zero-order chi connectivity index (χ0) is 37.0. The second kappa shape index (κ2) is 13.4. The first-order chi connectivity index (χ1) is 27.8. The van der Waals surface area contributed by atoms with Crippen molar-refractivity contribution in [3.8, 4) is 16.8 Å². The summed E-state index contributed by atoms with van der Waals surface area (Å²) in [6, 6.07) is 77.0. The fraction of sp³-hybridized carbons (Fsp3) is 0. The van der Waals surface area contributed by atoms with Crippen molar-refractivity contribution in [2.24, 2.45) is 0 Å². The second-order valence-corrected chi connectivity index (χ2v) is 15.2. The number of aromatic nitrogens is 1. The normalized spacial score (nSPS) is 12.2. The average molecular weight is 734 g/mol. The Balaban J connectivity index is 1.27. The van der Waals surface area contributed by atoms with Gasteiger partial charge >= 0.3 is 0 Å². The summed E-state index contributed by atoms with van der Waals surface area (Å²) in [5.74, 6) is 0. The summed E-state index contributed by atoms with van der Waals surface area (Å²) in [5.41, 5.74) is 12.6. The van der Waals surface area contributed by atoms with Crippen molar-refractivity contribution in [2.45, 2.75) is 9.79 Å². The number of hydrogen-bond acceptors (Lipinski definition) is 3.